The van der Waals surface area contributed by atoms with E-state index < -0.39 is 0 Å². The summed E-state index contributed by atoms with van der Waals surface area (Å²) in [5.41, 5.74) is 0. The lowest BCUT2D eigenvalue weighted by Crippen LogP contribution is -2.42. The number of rotatable bonds is 3. The maximum atomic E-state index is 12.3. The maximum absolute atomic E-state index is 12.3. The monoisotopic (exact) mass is 286 g/mol. The van der Waals surface area contributed by atoms with Gasteiger partial charge in [-0.2, -0.15) is 0 Å². The van der Waals surface area contributed by atoms with Crippen molar-refractivity contribution in [1.29, 1.82) is 0 Å². The van der Waals surface area contributed by atoms with Crippen LogP contribution in [0.1, 0.15) is 35.4 Å². The molecule has 1 fully saturated rings. The molecule has 0 spiro atoms. The van der Waals surface area contributed by atoms with Crippen LogP contribution >= 0.6 is 22.9 Å². The van der Waals surface area contributed by atoms with Crippen LogP contribution in [0.25, 0.3) is 0 Å². The van der Waals surface area contributed by atoms with Crippen molar-refractivity contribution in [3.8, 4) is 0 Å². The first kappa shape index (κ1) is 13.8. The van der Waals surface area contributed by atoms with Gasteiger partial charge in [-0.15, -0.1) is 11.3 Å². The Morgan fingerprint density at radius 3 is 2.61 bits per heavy atom. The SMILES string of the molecule is CNC1CCC(N(C)C(=O)c2sccc2Cl)CC1. The van der Waals surface area contributed by atoms with Gasteiger partial charge in [0.15, 0.2) is 0 Å². The van der Waals surface area contributed by atoms with Crippen molar-refractivity contribution in [3.05, 3.63) is 21.3 Å². The summed E-state index contributed by atoms with van der Waals surface area (Å²) in [5.74, 6) is 0.0582. The average molecular weight is 287 g/mol. The molecular formula is C13H19ClN2OS. The molecule has 18 heavy (non-hydrogen) atoms. The van der Waals surface area contributed by atoms with Gasteiger partial charge in [-0.05, 0) is 44.2 Å². The highest BCUT2D eigenvalue weighted by Crippen LogP contribution is 2.27. The predicted molar refractivity (Wildman–Crippen MR) is 76.5 cm³/mol. The van der Waals surface area contributed by atoms with Crippen molar-refractivity contribution < 1.29 is 4.79 Å². The molecule has 100 valence electrons. The topological polar surface area (TPSA) is 32.3 Å². The quantitative estimate of drug-likeness (QED) is 0.926. The summed E-state index contributed by atoms with van der Waals surface area (Å²) >= 11 is 7.44. The maximum Gasteiger partial charge on any atom is 0.265 e. The van der Waals surface area contributed by atoms with Crippen LogP contribution in [-0.4, -0.2) is 37.0 Å². The molecule has 1 amide bonds. The molecule has 1 aliphatic carbocycles. The zero-order chi connectivity index (χ0) is 13.1. The molecule has 1 aromatic rings. The molecule has 5 heteroatoms. The Labute approximate surface area is 117 Å². The van der Waals surface area contributed by atoms with Gasteiger partial charge in [-0.3, -0.25) is 4.79 Å². The van der Waals surface area contributed by atoms with E-state index in [1.165, 1.54) is 11.3 Å². The van der Waals surface area contributed by atoms with E-state index >= 15 is 0 Å². The van der Waals surface area contributed by atoms with Crippen LogP contribution < -0.4 is 5.32 Å². The standard InChI is InChI=1S/C13H19ClN2OS/c1-15-9-3-5-10(6-4-9)16(2)13(17)12-11(14)7-8-18-12/h7-10,15H,3-6H2,1-2H3. The molecule has 0 bridgehead atoms. The van der Waals surface area contributed by atoms with Crippen LogP contribution in [0.2, 0.25) is 5.02 Å². The van der Waals surface area contributed by atoms with Gasteiger partial charge in [0.2, 0.25) is 0 Å². The third kappa shape index (κ3) is 2.87. The van der Waals surface area contributed by atoms with Crippen LogP contribution in [0, 0.1) is 0 Å². The Kier molecular flexibility index (Phi) is 4.65. The fourth-order valence-electron chi connectivity index (χ4n) is 2.52. The van der Waals surface area contributed by atoms with Crippen LogP contribution in [-0.2, 0) is 0 Å². The molecule has 0 atom stereocenters. The molecular weight excluding hydrogens is 268 g/mol. The molecule has 1 heterocycles. The molecule has 0 radical (unpaired) electrons. The summed E-state index contributed by atoms with van der Waals surface area (Å²) in [4.78, 5) is 14.8. The molecule has 1 saturated carbocycles. The Balaban J connectivity index is 1.98. The van der Waals surface area contributed by atoms with Gasteiger partial charge in [0, 0.05) is 19.1 Å². The van der Waals surface area contributed by atoms with Crippen molar-refractivity contribution in [1.82, 2.24) is 10.2 Å². The summed E-state index contributed by atoms with van der Waals surface area (Å²) < 4.78 is 0. The molecule has 3 nitrogen and oxygen atoms in total. The fraction of sp³-hybridized carbons (Fsp3) is 0.615. The van der Waals surface area contributed by atoms with Crippen molar-refractivity contribution in [3.63, 3.8) is 0 Å². The second-order valence-electron chi connectivity index (χ2n) is 4.81. The number of hydrogen-bond acceptors (Lipinski definition) is 3. The van der Waals surface area contributed by atoms with Crippen LogP contribution in [0.4, 0.5) is 0 Å². The van der Waals surface area contributed by atoms with Crippen molar-refractivity contribution in [2.45, 2.75) is 37.8 Å². The molecule has 0 unspecified atom stereocenters. The van der Waals surface area contributed by atoms with Crippen LogP contribution in [0.15, 0.2) is 11.4 Å². The second kappa shape index (κ2) is 6.04. The molecule has 2 rings (SSSR count). The van der Waals surface area contributed by atoms with Crippen molar-refractivity contribution in [2.75, 3.05) is 14.1 Å². The minimum absolute atomic E-state index is 0.0582. The number of hydrogen-bond donors (Lipinski definition) is 1. The van der Waals surface area contributed by atoms with E-state index in [2.05, 4.69) is 5.32 Å². The van der Waals surface area contributed by atoms with Gasteiger partial charge >= 0.3 is 0 Å². The van der Waals surface area contributed by atoms with Crippen LogP contribution in [0.5, 0.6) is 0 Å². The highest BCUT2D eigenvalue weighted by atomic mass is 35.5. The smallest absolute Gasteiger partial charge is 0.265 e. The van der Waals surface area contributed by atoms with Gasteiger partial charge in [0.05, 0.1) is 5.02 Å². The Bertz CT molecular complexity index is 413. The molecule has 0 aromatic carbocycles. The normalized spacial score (nSPS) is 23.9. The van der Waals surface area contributed by atoms with Crippen molar-refractivity contribution in [2.24, 2.45) is 0 Å². The third-order valence-electron chi connectivity index (χ3n) is 3.78. The molecule has 1 aliphatic rings. The average Bonchev–Trinajstić information content (AvgIpc) is 2.83. The first-order chi connectivity index (χ1) is 8.63. The van der Waals surface area contributed by atoms with E-state index in [-0.39, 0.29) is 5.91 Å². The van der Waals surface area contributed by atoms with Crippen LogP contribution in [0.3, 0.4) is 0 Å². The van der Waals surface area contributed by atoms with E-state index in [1.807, 2.05) is 24.4 Å². The number of carbonyl (C=O) groups is 1. The van der Waals surface area contributed by atoms with E-state index in [0.717, 1.165) is 25.7 Å². The van der Waals surface area contributed by atoms with Gasteiger partial charge in [-0.1, -0.05) is 11.6 Å². The zero-order valence-electron chi connectivity index (χ0n) is 10.8. The number of nitrogens with one attached hydrogen (secondary N) is 1. The summed E-state index contributed by atoms with van der Waals surface area (Å²) in [6, 6.07) is 2.74. The zero-order valence-corrected chi connectivity index (χ0v) is 12.4. The first-order valence-corrected chi connectivity index (χ1v) is 7.56. The van der Waals surface area contributed by atoms with Gasteiger partial charge < -0.3 is 10.2 Å². The number of halogens is 1. The number of thiophene rings is 1. The predicted octanol–water partition coefficient (Wildman–Crippen LogP) is 3.00. The highest BCUT2D eigenvalue weighted by molar-refractivity contribution is 7.12. The summed E-state index contributed by atoms with van der Waals surface area (Å²) in [7, 11) is 3.90. The number of nitrogens with zero attached hydrogens (tertiary/aromatic N) is 1. The minimum atomic E-state index is 0.0582. The van der Waals surface area contributed by atoms with E-state index in [9.17, 15) is 4.79 Å². The second-order valence-corrected chi connectivity index (χ2v) is 6.13. The number of amides is 1. The van der Waals surface area contributed by atoms with Gasteiger partial charge in [0.1, 0.15) is 4.88 Å². The van der Waals surface area contributed by atoms with E-state index in [1.54, 1.807) is 6.07 Å². The van der Waals surface area contributed by atoms with E-state index in [4.69, 9.17) is 11.6 Å². The van der Waals surface area contributed by atoms with Crippen molar-refractivity contribution >= 4 is 28.8 Å². The largest absolute Gasteiger partial charge is 0.338 e. The third-order valence-corrected chi connectivity index (χ3v) is 5.11. The lowest BCUT2D eigenvalue weighted by molar-refractivity contribution is 0.0691. The summed E-state index contributed by atoms with van der Waals surface area (Å²) in [6.45, 7) is 0. The lowest BCUT2D eigenvalue weighted by Gasteiger charge is -2.34. The summed E-state index contributed by atoms with van der Waals surface area (Å²) in [6.07, 6.45) is 4.40. The van der Waals surface area contributed by atoms with Gasteiger partial charge in [-0.25, -0.2) is 0 Å². The number of carbonyl (C=O) groups excluding carboxylic acids is 1. The first-order valence-electron chi connectivity index (χ1n) is 6.31. The Hall–Kier alpha value is -0.580. The molecule has 0 aliphatic heterocycles. The molecule has 1 aromatic heterocycles. The molecule has 1 N–H and O–H groups in total. The summed E-state index contributed by atoms with van der Waals surface area (Å²) in [5, 5.41) is 5.74. The lowest BCUT2D eigenvalue weighted by atomic mass is 9.90. The van der Waals surface area contributed by atoms with E-state index in [0.29, 0.717) is 22.0 Å². The fourth-order valence-corrected chi connectivity index (χ4v) is 3.64. The minimum Gasteiger partial charge on any atom is -0.338 e. The molecule has 0 saturated heterocycles. The Morgan fingerprint density at radius 1 is 1.44 bits per heavy atom. The Morgan fingerprint density at radius 2 is 2.11 bits per heavy atom. The van der Waals surface area contributed by atoms with Gasteiger partial charge in [0.25, 0.3) is 5.91 Å². The highest BCUT2D eigenvalue weighted by Gasteiger charge is 2.27.